The monoisotopic (exact) mass is 463 g/mol. The Bertz CT molecular complexity index is 1120. The van der Waals surface area contributed by atoms with Crippen LogP contribution in [0, 0.1) is 18.8 Å². The second kappa shape index (κ2) is 10.6. The fraction of sp³-hybridized carbons (Fsp3) is 0.320. The van der Waals surface area contributed by atoms with Crippen LogP contribution in [0.25, 0.3) is 0 Å². The summed E-state index contributed by atoms with van der Waals surface area (Å²) in [5.74, 6) is 7.07. The third-order valence-corrected chi connectivity index (χ3v) is 5.79. The number of piperidine rings is 1. The zero-order valence-electron chi connectivity index (χ0n) is 18.8. The van der Waals surface area contributed by atoms with Crippen LogP contribution in [0.15, 0.2) is 55.1 Å². The minimum atomic E-state index is -1.43. The molecule has 1 fully saturated rings. The Morgan fingerprint density at radius 1 is 1.12 bits per heavy atom. The second-order valence-electron chi connectivity index (χ2n) is 7.86. The lowest BCUT2D eigenvalue weighted by molar-refractivity contribution is 0.153. The zero-order valence-corrected chi connectivity index (χ0v) is 19.9. The van der Waals surface area contributed by atoms with Gasteiger partial charge in [-0.1, -0.05) is 15.2 Å². The van der Waals surface area contributed by atoms with Crippen molar-refractivity contribution < 1.29 is 9.13 Å². The van der Waals surface area contributed by atoms with E-state index < -0.39 is 6.10 Å². The van der Waals surface area contributed by atoms with Crippen LogP contribution in [0.2, 0.25) is 0 Å². The van der Waals surface area contributed by atoms with Crippen molar-refractivity contribution in [3.05, 3.63) is 66.2 Å². The molecule has 8 heteroatoms. The van der Waals surface area contributed by atoms with Crippen LogP contribution in [0.3, 0.4) is 0 Å². The van der Waals surface area contributed by atoms with Crippen LogP contribution in [-0.4, -0.2) is 40.2 Å². The highest BCUT2D eigenvalue weighted by atomic mass is 31.0. The molecule has 0 saturated carbocycles. The Hall–Kier alpha value is -3.23. The molecule has 6 nitrogen and oxygen atoms in total. The lowest BCUT2D eigenvalue weighted by Gasteiger charge is -2.40. The van der Waals surface area contributed by atoms with E-state index in [0.29, 0.717) is 5.75 Å². The van der Waals surface area contributed by atoms with E-state index in [1.165, 1.54) is 0 Å². The number of halogens is 1. The maximum absolute atomic E-state index is 13.2. The number of benzene rings is 1. The first-order valence-corrected chi connectivity index (χ1v) is 11.6. The SMILES string of the molecule is CC#Cc1cnc(N2CCC(N(c3ccc(OC(F)P)cc3)c3cnccc3C)CC2)nc1. The Balaban J connectivity index is 1.54. The Kier molecular flexibility index (Phi) is 7.36. The molecule has 1 aliphatic heterocycles. The molecule has 33 heavy (non-hydrogen) atoms. The van der Waals surface area contributed by atoms with Crippen molar-refractivity contribution in [3.8, 4) is 17.6 Å². The van der Waals surface area contributed by atoms with Crippen molar-refractivity contribution in [2.24, 2.45) is 0 Å². The van der Waals surface area contributed by atoms with Gasteiger partial charge in [0.05, 0.1) is 17.4 Å². The van der Waals surface area contributed by atoms with Gasteiger partial charge < -0.3 is 14.5 Å². The largest absolute Gasteiger partial charge is 0.457 e. The van der Waals surface area contributed by atoms with Crippen LogP contribution in [0.5, 0.6) is 5.75 Å². The summed E-state index contributed by atoms with van der Waals surface area (Å²) >= 11 is 0. The molecule has 2 atom stereocenters. The number of hydrogen-bond donors (Lipinski definition) is 0. The van der Waals surface area contributed by atoms with E-state index in [4.69, 9.17) is 4.74 Å². The van der Waals surface area contributed by atoms with E-state index in [1.54, 1.807) is 37.6 Å². The number of rotatable bonds is 6. The molecule has 0 bridgehead atoms. The first kappa shape index (κ1) is 22.9. The highest BCUT2D eigenvalue weighted by Gasteiger charge is 2.28. The van der Waals surface area contributed by atoms with Gasteiger partial charge in [-0.3, -0.25) is 4.98 Å². The van der Waals surface area contributed by atoms with Crippen molar-refractivity contribution in [2.45, 2.75) is 38.8 Å². The summed E-state index contributed by atoms with van der Waals surface area (Å²) in [5, 5.41) is 0. The third-order valence-electron chi connectivity index (χ3n) is 5.65. The van der Waals surface area contributed by atoms with Crippen molar-refractivity contribution in [1.82, 2.24) is 15.0 Å². The summed E-state index contributed by atoms with van der Waals surface area (Å²) in [6.45, 7) is 5.58. The van der Waals surface area contributed by atoms with Gasteiger partial charge in [0.25, 0.3) is 0 Å². The van der Waals surface area contributed by atoms with Crippen molar-refractivity contribution in [1.29, 1.82) is 0 Å². The highest BCUT2D eigenvalue weighted by Crippen LogP contribution is 2.35. The molecular weight excluding hydrogens is 436 g/mol. The summed E-state index contributed by atoms with van der Waals surface area (Å²) < 4.78 is 18.3. The summed E-state index contributed by atoms with van der Waals surface area (Å²) in [7, 11) is 2.00. The molecule has 1 aromatic carbocycles. The number of hydrogen-bond acceptors (Lipinski definition) is 6. The number of anilines is 3. The van der Waals surface area contributed by atoms with Gasteiger partial charge in [-0.05, 0) is 62.6 Å². The minimum Gasteiger partial charge on any atom is -0.457 e. The molecule has 2 aromatic heterocycles. The number of aromatic nitrogens is 3. The van der Waals surface area contributed by atoms with Gasteiger partial charge in [0.2, 0.25) is 12.0 Å². The maximum atomic E-state index is 13.2. The Labute approximate surface area is 196 Å². The summed E-state index contributed by atoms with van der Waals surface area (Å²) in [4.78, 5) is 17.9. The molecule has 2 unspecified atom stereocenters. The first-order valence-electron chi connectivity index (χ1n) is 10.9. The van der Waals surface area contributed by atoms with Crippen molar-refractivity contribution >= 4 is 26.6 Å². The molecule has 3 aromatic rings. The van der Waals surface area contributed by atoms with Gasteiger partial charge in [-0.2, -0.15) is 4.39 Å². The number of pyridine rings is 1. The number of nitrogens with zero attached hydrogens (tertiary/aromatic N) is 5. The number of aryl methyl sites for hydroxylation is 1. The van der Waals surface area contributed by atoms with Crippen molar-refractivity contribution in [3.63, 3.8) is 0 Å². The highest BCUT2D eigenvalue weighted by molar-refractivity contribution is 7.16. The molecule has 0 aliphatic carbocycles. The average Bonchev–Trinajstić information content (AvgIpc) is 2.82. The predicted octanol–water partition coefficient (Wildman–Crippen LogP) is 4.87. The standard InChI is InChI=1S/C25H27FN5OP/c1-3-4-19-15-28-25(29-16-19)30-13-10-21(11-14-30)31(23-17-27-12-9-18(23)2)20-5-7-22(8-6-20)32-24(26)33/h5-9,12,15-17,21,24H,10-11,13-14,33H2,1-2H3. The van der Waals surface area contributed by atoms with Gasteiger partial charge in [-0.25, -0.2) is 9.97 Å². The summed E-state index contributed by atoms with van der Waals surface area (Å²) in [6.07, 6.45) is 7.70. The lowest BCUT2D eigenvalue weighted by Crippen LogP contribution is -2.44. The van der Waals surface area contributed by atoms with Gasteiger partial charge in [-0.15, -0.1) is 5.92 Å². The average molecular weight is 463 g/mol. The van der Waals surface area contributed by atoms with Crippen LogP contribution in [0.1, 0.15) is 30.9 Å². The Morgan fingerprint density at radius 2 is 1.82 bits per heavy atom. The van der Waals surface area contributed by atoms with Crippen molar-refractivity contribution in [2.75, 3.05) is 22.9 Å². The summed E-state index contributed by atoms with van der Waals surface area (Å²) in [5.41, 5.74) is 4.06. The maximum Gasteiger partial charge on any atom is 0.249 e. The molecule has 0 radical (unpaired) electrons. The van der Waals surface area contributed by atoms with Gasteiger partial charge in [0.15, 0.2) is 0 Å². The molecule has 0 amide bonds. The fourth-order valence-corrected chi connectivity index (χ4v) is 4.24. The molecule has 1 aliphatic rings. The molecule has 1 saturated heterocycles. The second-order valence-corrected chi connectivity index (χ2v) is 8.38. The number of ether oxygens (including phenoxy) is 1. The first-order chi connectivity index (χ1) is 16.0. The summed E-state index contributed by atoms with van der Waals surface area (Å²) in [6, 6.07) is 9.83. The molecular formula is C25H27FN5OP. The van der Waals surface area contributed by atoms with Crippen LogP contribution in [-0.2, 0) is 0 Å². The lowest BCUT2D eigenvalue weighted by atomic mass is 10.0. The third kappa shape index (κ3) is 5.58. The van der Waals surface area contributed by atoms with Gasteiger partial charge in [0.1, 0.15) is 5.75 Å². The Morgan fingerprint density at radius 3 is 2.42 bits per heavy atom. The molecule has 3 heterocycles. The van der Waals surface area contributed by atoms with Crippen LogP contribution >= 0.6 is 9.24 Å². The zero-order chi connectivity index (χ0) is 23.2. The van der Waals surface area contributed by atoms with E-state index in [-0.39, 0.29) is 6.04 Å². The smallest absolute Gasteiger partial charge is 0.249 e. The topological polar surface area (TPSA) is 54.4 Å². The van der Waals surface area contributed by atoms with Gasteiger partial charge >= 0.3 is 0 Å². The number of alkyl halides is 1. The van der Waals surface area contributed by atoms with Crippen LogP contribution in [0.4, 0.5) is 21.7 Å². The van der Waals surface area contributed by atoms with E-state index in [9.17, 15) is 4.39 Å². The van der Waals surface area contributed by atoms with E-state index in [1.807, 2.05) is 33.6 Å². The molecule has 0 N–H and O–H groups in total. The quantitative estimate of drug-likeness (QED) is 0.384. The molecule has 170 valence electrons. The predicted molar refractivity (Wildman–Crippen MR) is 133 cm³/mol. The minimum absolute atomic E-state index is 0.275. The van der Waals surface area contributed by atoms with E-state index in [2.05, 4.69) is 43.5 Å². The van der Waals surface area contributed by atoms with E-state index >= 15 is 0 Å². The van der Waals surface area contributed by atoms with Gasteiger partial charge in [0, 0.05) is 43.4 Å². The van der Waals surface area contributed by atoms with E-state index in [0.717, 1.165) is 54.4 Å². The fourth-order valence-electron chi connectivity index (χ4n) is 4.09. The van der Waals surface area contributed by atoms with Crippen LogP contribution < -0.4 is 14.5 Å². The normalized spacial score (nSPS) is 14.8. The molecule has 0 spiro atoms. The molecule has 4 rings (SSSR count).